The summed E-state index contributed by atoms with van der Waals surface area (Å²) in [7, 11) is 1.65. The van der Waals surface area contributed by atoms with Crippen LogP contribution in [-0.4, -0.2) is 31.6 Å². The summed E-state index contributed by atoms with van der Waals surface area (Å²) in [6, 6.07) is 6.10. The molecule has 0 spiro atoms. The Bertz CT molecular complexity index is 366. The molecule has 0 amide bonds. The lowest BCUT2D eigenvalue weighted by atomic mass is 10.1. The number of nitrogens with two attached hydrogens (primary N) is 1. The van der Waals surface area contributed by atoms with Gasteiger partial charge in [-0.3, -0.25) is 0 Å². The van der Waals surface area contributed by atoms with Gasteiger partial charge in [0.1, 0.15) is 5.75 Å². The van der Waals surface area contributed by atoms with Gasteiger partial charge in [0.2, 0.25) is 0 Å². The second-order valence-electron chi connectivity index (χ2n) is 5.02. The molecule has 0 fully saturated rings. The van der Waals surface area contributed by atoms with Crippen molar-refractivity contribution in [3.8, 4) is 5.75 Å². The normalized spacial score (nSPS) is 10.9. The number of hydrogen-bond donors (Lipinski definition) is 1. The monoisotopic (exact) mass is 264 g/mol. The molecule has 0 aliphatic rings. The van der Waals surface area contributed by atoms with E-state index in [0.717, 1.165) is 24.4 Å². The third kappa shape index (κ3) is 5.52. The van der Waals surface area contributed by atoms with Crippen molar-refractivity contribution in [3.63, 3.8) is 0 Å². The smallest absolute Gasteiger partial charge is 0.141 e. The fourth-order valence-electron chi connectivity index (χ4n) is 2.26. The van der Waals surface area contributed by atoms with Gasteiger partial charge in [0, 0.05) is 6.54 Å². The van der Waals surface area contributed by atoms with Crippen LogP contribution in [0.25, 0.3) is 0 Å². The highest BCUT2D eigenvalue weighted by atomic mass is 16.5. The fourth-order valence-corrected chi connectivity index (χ4v) is 2.26. The number of hydrogen-bond acceptors (Lipinski definition) is 3. The molecule has 1 aromatic carbocycles. The Morgan fingerprint density at radius 3 is 2.47 bits per heavy atom. The van der Waals surface area contributed by atoms with Crippen LogP contribution in [0.4, 0.5) is 5.69 Å². The average Bonchev–Trinajstić information content (AvgIpc) is 2.42. The number of anilines is 1. The molecule has 0 aliphatic heterocycles. The van der Waals surface area contributed by atoms with Gasteiger partial charge < -0.3 is 15.4 Å². The van der Waals surface area contributed by atoms with E-state index in [1.807, 2.05) is 12.1 Å². The minimum atomic E-state index is 0.732. The number of benzene rings is 1. The average molecular weight is 264 g/mol. The van der Waals surface area contributed by atoms with Crippen molar-refractivity contribution in [1.29, 1.82) is 0 Å². The quantitative estimate of drug-likeness (QED) is 0.695. The minimum absolute atomic E-state index is 0.732. The van der Waals surface area contributed by atoms with Crippen LogP contribution >= 0.6 is 0 Å². The molecule has 2 N–H and O–H groups in total. The van der Waals surface area contributed by atoms with E-state index in [1.54, 1.807) is 7.11 Å². The lowest BCUT2D eigenvalue weighted by Gasteiger charge is -2.21. The predicted octanol–water partition coefficient (Wildman–Crippen LogP) is 3.33. The zero-order valence-corrected chi connectivity index (χ0v) is 12.6. The molecule has 0 saturated heterocycles. The maximum atomic E-state index is 5.94. The summed E-state index contributed by atoms with van der Waals surface area (Å²) in [6.45, 7) is 7.99. The van der Waals surface area contributed by atoms with Crippen LogP contribution in [0.1, 0.15) is 38.7 Å². The highest BCUT2D eigenvalue weighted by Gasteiger charge is 2.05. The van der Waals surface area contributed by atoms with Crippen LogP contribution < -0.4 is 10.5 Å². The summed E-state index contributed by atoms with van der Waals surface area (Å²) in [6.07, 6.45) is 4.81. The fraction of sp³-hybridized carbons (Fsp3) is 0.625. The van der Waals surface area contributed by atoms with E-state index in [4.69, 9.17) is 10.5 Å². The molecule has 0 bridgehead atoms. The van der Waals surface area contributed by atoms with E-state index >= 15 is 0 Å². The summed E-state index contributed by atoms with van der Waals surface area (Å²) in [5, 5.41) is 0. The van der Waals surface area contributed by atoms with Crippen LogP contribution in [0.5, 0.6) is 5.75 Å². The van der Waals surface area contributed by atoms with Crippen LogP contribution in [0.2, 0.25) is 0 Å². The van der Waals surface area contributed by atoms with Gasteiger partial charge in [0.05, 0.1) is 12.8 Å². The second kappa shape index (κ2) is 8.81. The predicted molar refractivity (Wildman–Crippen MR) is 82.7 cm³/mol. The molecule has 3 heteroatoms. The number of rotatable bonds is 9. The van der Waals surface area contributed by atoms with E-state index < -0.39 is 0 Å². The molecule has 108 valence electrons. The first kappa shape index (κ1) is 15.8. The maximum absolute atomic E-state index is 5.94. The van der Waals surface area contributed by atoms with Crippen LogP contribution in [0.15, 0.2) is 18.2 Å². The van der Waals surface area contributed by atoms with E-state index in [2.05, 4.69) is 24.8 Å². The van der Waals surface area contributed by atoms with Crippen LogP contribution in [-0.2, 0) is 6.42 Å². The lowest BCUT2D eigenvalue weighted by Crippen LogP contribution is -2.28. The van der Waals surface area contributed by atoms with Crippen LogP contribution in [0.3, 0.4) is 0 Å². The molecule has 19 heavy (non-hydrogen) atoms. The molecule has 0 unspecified atom stereocenters. The van der Waals surface area contributed by atoms with Gasteiger partial charge in [0.25, 0.3) is 0 Å². The summed E-state index contributed by atoms with van der Waals surface area (Å²) >= 11 is 0. The van der Waals surface area contributed by atoms with Gasteiger partial charge in [-0.25, -0.2) is 0 Å². The highest BCUT2D eigenvalue weighted by molar-refractivity contribution is 5.54. The molecule has 1 rings (SSSR count). The van der Waals surface area contributed by atoms with E-state index in [1.165, 1.54) is 37.9 Å². The molecule has 0 heterocycles. The Morgan fingerprint density at radius 1 is 1.11 bits per heavy atom. The highest BCUT2D eigenvalue weighted by Crippen LogP contribution is 2.22. The zero-order valence-electron chi connectivity index (χ0n) is 12.6. The molecule has 0 radical (unpaired) electrons. The van der Waals surface area contributed by atoms with Crippen molar-refractivity contribution in [3.05, 3.63) is 23.8 Å². The Hall–Kier alpha value is -1.22. The Balaban J connectivity index is 2.50. The number of methoxy groups -OCH3 is 1. The molecule has 0 aromatic heterocycles. The Morgan fingerprint density at radius 2 is 1.89 bits per heavy atom. The largest absolute Gasteiger partial charge is 0.495 e. The van der Waals surface area contributed by atoms with E-state index in [0.29, 0.717) is 0 Å². The first-order valence-electron chi connectivity index (χ1n) is 7.36. The van der Waals surface area contributed by atoms with Gasteiger partial charge in [-0.1, -0.05) is 26.3 Å². The summed E-state index contributed by atoms with van der Waals surface area (Å²) in [5.41, 5.74) is 7.96. The van der Waals surface area contributed by atoms with Crippen LogP contribution in [0, 0.1) is 0 Å². The van der Waals surface area contributed by atoms with Gasteiger partial charge in [-0.05, 0) is 50.0 Å². The van der Waals surface area contributed by atoms with E-state index in [-0.39, 0.29) is 0 Å². The second-order valence-corrected chi connectivity index (χ2v) is 5.02. The molecular weight excluding hydrogens is 236 g/mol. The molecular formula is C16H28N2O. The number of ether oxygens (including phenoxy) is 1. The van der Waals surface area contributed by atoms with Crippen molar-refractivity contribution in [2.75, 3.05) is 32.5 Å². The van der Waals surface area contributed by atoms with Crippen molar-refractivity contribution >= 4 is 5.69 Å². The topological polar surface area (TPSA) is 38.5 Å². The van der Waals surface area contributed by atoms with E-state index in [9.17, 15) is 0 Å². The molecule has 0 atom stereocenters. The Labute approximate surface area is 117 Å². The van der Waals surface area contributed by atoms with Crippen molar-refractivity contribution in [2.24, 2.45) is 0 Å². The molecule has 0 aliphatic carbocycles. The summed E-state index contributed by atoms with van der Waals surface area (Å²) < 4.78 is 5.18. The SMILES string of the molecule is CCCCN(CCC)CCc1ccc(OC)c(N)c1. The summed E-state index contributed by atoms with van der Waals surface area (Å²) in [4.78, 5) is 2.55. The standard InChI is InChI=1S/C16H28N2O/c1-4-6-11-18(10-5-2)12-9-14-7-8-16(19-3)15(17)13-14/h7-8,13H,4-6,9-12,17H2,1-3H3. The summed E-state index contributed by atoms with van der Waals surface area (Å²) in [5.74, 6) is 0.764. The number of unbranched alkanes of at least 4 members (excludes halogenated alkanes) is 1. The lowest BCUT2D eigenvalue weighted by molar-refractivity contribution is 0.273. The Kier molecular flexibility index (Phi) is 7.34. The van der Waals surface area contributed by atoms with Gasteiger partial charge >= 0.3 is 0 Å². The van der Waals surface area contributed by atoms with Gasteiger partial charge in [0.15, 0.2) is 0 Å². The van der Waals surface area contributed by atoms with Crippen molar-refractivity contribution in [2.45, 2.75) is 39.5 Å². The third-order valence-corrected chi connectivity index (χ3v) is 3.38. The maximum Gasteiger partial charge on any atom is 0.141 e. The number of nitrogen functional groups attached to an aromatic ring is 1. The first-order chi connectivity index (χ1) is 9.21. The number of nitrogens with zero attached hydrogens (tertiary/aromatic N) is 1. The molecule has 3 nitrogen and oxygen atoms in total. The molecule has 0 saturated carbocycles. The third-order valence-electron chi connectivity index (χ3n) is 3.38. The van der Waals surface area contributed by atoms with Gasteiger partial charge in [-0.15, -0.1) is 0 Å². The van der Waals surface area contributed by atoms with Crippen molar-refractivity contribution < 1.29 is 4.74 Å². The zero-order chi connectivity index (χ0) is 14.1. The van der Waals surface area contributed by atoms with Gasteiger partial charge in [-0.2, -0.15) is 0 Å². The van der Waals surface area contributed by atoms with Crippen molar-refractivity contribution in [1.82, 2.24) is 4.90 Å². The molecule has 1 aromatic rings. The minimum Gasteiger partial charge on any atom is -0.495 e. The first-order valence-corrected chi connectivity index (χ1v) is 7.36.